The Bertz CT molecular complexity index is 421. The van der Waals surface area contributed by atoms with Gasteiger partial charge in [0.2, 0.25) is 0 Å². The minimum atomic E-state index is 0.164. The van der Waals surface area contributed by atoms with Crippen LogP contribution in [-0.4, -0.2) is 36.9 Å². The van der Waals surface area contributed by atoms with Crippen LogP contribution in [0.25, 0.3) is 0 Å². The Kier molecular flexibility index (Phi) is 4.48. The van der Waals surface area contributed by atoms with Gasteiger partial charge in [-0.25, -0.2) is 0 Å². The van der Waals surface area contributed by atoms with Crippen LogP contribution < -0.4 is 10.2 Å². The van der Waals surface area contributed by atoms with Crippen LogP contribution in [0, 0.1) is 20.8 Å². The fourth-order valence-electron chi connectivity index (χ4n) is 3.31. The van der Waals surface area contributed by atoms with Crippen molar-refractivity contribution in [2.45, 2.75) is 46.2 Å². The highest BCUT2D eigenvalue weighted by Gasteiger charge is 2.27. The molecule has 1 heterocycles. The zero-order valence-corrected chi connectivity index (χ0v) is 12.5. The molecule has 1 saturated heterocycles. The zero-order chi connectivity index (χ0) is 14.0. The van der Waals surface area contributed by atoms with Gasteiger partial charge in [0, 0.05) is 18.3 Å². The number of rotatable bonds is 2. The van der Waals surface area contributed by atoms with E-state index < -0.39 is 0 Å². The molecule has 2 atom stereocenters. The molecule has 2 N–H and O–H groups in total. The highest BCUT2D eigenvalue weighted by Crippen LogP contribution is 2.31. The second-order valence-corrected chi connectivity index (χ2v) is 5.83. The lowest BCUT2D eigenvalue weighted by atomic mass is 10.0. The third-order valence-electron chi connectivity index (χ3n) is 4.09. The van der Waals surface area contributed by atoms with E-state index in [0.717, 1.165) is 19.5 Å². The lowest BCUT2D eigenvalue weighted by molar-refractivity contribution is 0.255. The van der Waals surface area contributed by atoms with E-state index in [-0.39, 0.29) is 12.6 Å². The Balaban J connectivity index is 2.46. The molecule has 0 aliphatic carbocycles. The summed E-state index contributed by atoms with van der Waals surface area (Å²) in [6.07, 6.45) is 1.11. The summed E-state index contributed by atoms with van der Waals surface area (Å²) in [5, 5.41) is 13.1. The van der Waals surface area contributed by atoms with Crippen LogP contribution in [0.5, 0.6) is 0 Å². The molecule has 0 saturated carbocycles. The smallest absolute Gasteiger partial charge is 0.0648 e. The Morgan fingerprint density at radius 2 is 1.89 bits per heavy atom. The van der Waals surface area contributed by atoms with Gasteiger partial charge in [0.15, 0.2) is 0 Å². The minimum Gasteiger partial charge on any atom is -0.394 e. The Labute approximate surface area is 116 Å². The molecule has 1 aromatic carbocycles. The molecule has 3 heteroatoms. The summed E-state index contributed by atoms with van der Waals surface area (Å²) in [4.78, 5) is 2.42. The number of anilines is 1. The van der Waals surface area contributed by atoms with Crippen molar-refractivity contribution in [2.24, 2.45) is 0 Å². The van der Waals surface area contributed by atoms with Crippen LogP contribution in [0.1, 0.15) is 30.0 Å². The summed E-state index contributed by atoms with van der Waals surface area (Å²) in [5.41, 5.74) is 5.23. The van der Waals surface area contributed by atoms with Crippen molar-refractivity contribution >= 4 is 5.69 Å². The SMILES string of the molecule is Cc1cc(C)c(N2C(C)CCNCC2CO)c(C)c1. The van der Waals surface area contributed by atoms with Crippen LogP contribution >= 0.6 is 0 Å². The number of aliphatic hydroxyl groups is 1. The molecule has 19 heavy (non-hydrogen) atoms. The quantitative estimate of drug-likeness (QED) is 0.857. The summed E-state index contributed by atoms with van der Waals surface area (Å²) in [6, 6.07) is 5.09. The fraction of sp³-hybridized carbons (Fsp3) is 0.625. The maximum absolute atomic E-state index is 9.72. The van der Waals surface area contributed by atoms with Gasteiger partial charge in [-0.15, -0.1) is 0 Å². The first-order valence-corrected chi connectivity index (χ1v) is 7.22. The number of hydrogen-bond acceptors (Lipinski definition) is 3. The zero-order valence-electron chi connectivity index (χ0n) is 12.5. The largest absolute Gasteiger partial charge is 0.394 e. The third kappa shape index (κ3) is 2.93. The second-order valence-electron chi connectivity index (χ2n) is 5.83. The average molecular weight is 262 g/mol. The second kappa shape index (κ2) is 5.93. The Morgan fingerprint density at radius 1 is 1.26 bits per heavy atom. The van der Waals surface area contributed by atoms with E-state index in [2.05, 4.69) is 50.0 Å². The van der Waals surface area contributed by atoms with E-state index in [4.69, 9.17) is 0 Å². The first kappa shape index (κ1) is 14.4. The lowest BCUT2D eigenvalue weighted by Crippen LogP contribution is -2.46. The summed E-state index contributed by atoms with van der Waals surface area (Å²) in [5.74, 6) is 0. The van der Waals surface area contributed by atoms with Gasteiger partial charge in [0.1, 0.15) is 0 Å². The van der Waals surface area contributed by atoms with Crippen LogP contribution in [-0.2, 0) is 0 Å². The summed E-state index contributed by atoms with van der Waals surface area (Å²) in [6.45, 7) is 10.8. The first-order chi connectivity index (χ1) is 9.04. The molecule has 2 rings (SSSR count). The molecule has 0 radical (unpaired) electrons. The lowest BCUT2D eigenvalue weighted by Gasteiger charge is -2.38. The maximum Gasteiger partial charge on any atom is 0.0648 e. The molecule has 1 aromatic rings. The molecule has 0 spiro atoms. The van der Waals surface area contributed by atoms with Gasteiger partial charge in [-0.2, -0.15) is 0 Å². The van der Waals surface area contributed by atoms with E-state index >= 15 is 0 Å². The molecule has 1 aliphatic rings. The van der Waals surface area contributed by atoms with Crippen molar-refractivity contribution in [3.05, 3.63) is 28.8 Å². The van der Waals surface area contributed by atoms with Crippen molar-refractivity contribution in [3.8, 4) is 0 Å². The number of nitrogens with one attached hydrogen (secondary N) is 1. The number of benzene rings is 1. The maximum atomic E-state index is 9.72. The van der Waals surface area contributed by atoms with Crippen LogP contribution in [0.15, 0.2) is 12.1 Å². The number of aliphatic hydroxyl groups excluding tert-OH is 1. The summed E-state index contributed by atoms with van der Waals surface area (Å²) in [7, 11) is 0. The van der Waals surface area contributed by atoms with Gasteiger partial charge in [-0.3, -0.25) is 0 Å². The van der Waals surface area contributed by atoms with E-state index in [0.29, 0.717) is 6.04 Å². The molecule has 0 bridgehead atoms. The normalized spacial score (nSPS) is 24.4. The monoisotopic (exact) mass is 262 g/mol. The van der Waals surface area contributed by atoms with Crippen molar-refractivity contribution in [3.63, 3.8) is 0 Å². The van der Waals surface area contributed by atoms with Crippen molar-refractivity contribution in [2.75, 3.05) is 24.6 Å². The van der Waals surface area contributed by atoms with Gasteiger partial charge in [0.05, 0.1) is 12.6 Å². The van der Waals surface area contributed by atoms with E-state index in [1.807, 2.05) is 0 Å². The van der Waals surface area contributed by atoms with Gasteiger partial charge >= 0.3 is 0 Å². The molecule has 106 valence electrons. The molecule has 0 amide bonds. The predicted octanol–water partition coefficient (Wildman–Crippen LogP) is 2.16. The highest BCUT2D eigenvalue weighted by atomic mass is 16.3. The number of aryl methyl sites for hydroxylation is 3. The van der Waals surface area contributed by atoms with Gasteiger partial charge < -0.3 is 15.3 Å². The molecular weight excluding hydrogens is 236 g/mol. The first-order valence-electron chi connectivity index (χ1n) is 7.22. The molecule has 1 fully saturated rings. The van der Waals surface area contributed by atoms with Gasteiger partial charge in [0.25, 0.3) is 0 Å². The van der Waals surface area contributed by atoms with E-state index in [1.165, 1.54) is 22.4 Å². The van der Waals surface area contributed by atoms with Crippen molar-refractivity contribution in [1.82, 2.24) is 5.32 Å². The molecule has 1 aliphatic heterocycles. The predicted molar refractivity (Wildman–Crippen MR) is 81.0 cm³/mol. The minimum absolute atomic E-state index is 0.164. The number of nitrogens with zero attached hydrogens (tertiary/aromatic N) is 1. The molecule has 3 nitrogen and oxygen atoms in total. The van der Waals surface area contributed by atoms with Gasteiger partial charge in [-0.1, -0.05) is 17.7 Å². The van der Waals surface area contributed by atoms with Crippen LogP contribution in [0.2, 0.25) is 0 Å². The molecule has 2 unspecified atom stereocenters. The van der Waals surface area contributed by atoms with Crippen molar-refractivity contribution in [1.29, 1.82) is 0 Å². The number of hydrogen-bond donors (Lipinski definition) is 2. The van der Waals surface area contributed by atoms with E-state index in [1.54, 1.807) is 0 Å². The van der Waals surface area contributed by atoms with E-state index in [9.17, 15) is 5.11 Å². The molecular formula is C16H26N2O. The summed E-state index contributed by atoms with van der Waals surface area (Å²) >= 11 is 0. The standard InChI is InChI=1S/C16H26N2O/c1-11-7-12(2)16(13(3)8-11)18-14(4)5-6-17-9-15(18)10-19/h7-8,14-15,17,19H,5-6,9-10H2,1-4H3. The van der Waals surface area contributed by atoms with Crippen molar-refractivity contribution < 1.29 is 5.11 Å². The molecule has 0 aromatic heterocycles. The Morgan fingerprint density at radius 3 is 2.47 bits per heavy atom. The van der Waals surface area contributed by atoms with Gasteiger partial charge in [-0.05, 0) is 51.8 Å². The average Bonchev–Trinajstić information content (AvgIpc) is 2.51. The van der Waals surface area contributed by atoms with Crippen LogP contribution in [0.3, 0.4) is 0 Å². The Hall–Kier alpha value is -1.06. The topological polar surface area (TPSA) is 35.5 Å². The summed E-state index contributed by atoms with van der Waals surface area (Å²) < 4.78 is 0. The fourth-order valence-corrected chi connectivity index (χ4v) is 3.31. The highest BCUT2D eigenvalue weighted by molar-refractivity contribution is 5.61. The third-order valence-corrected chi connectivity index (χ3v) is 4.09. The van der Waals surface area contributed by atoms with Crippen LogP contribution in [0.4, 0.5) is 5.69 Å².